The Morgan fingerprint density at radius 3 is 2.43 bits per heavy atom. The molecule has 0 bridgehead atoms. The summed E-state index contributed by atoms with van der Waals surface area (Å²) in [6, 6.07) is 18.8. The van der Waals surface area contributed by atoms with Crippen LogP contribution in [0, 0.1) is 0 Å². The molecule has 1 aromatic heterocycles. The van der Waals surface area contributed by atoms with Gasteiger partial charge in [0.15, 0.2) is 0 Å². The number of likely N-dealkylation sites (N-methyl/N-ethyl adjacent to an activating group) is 1. The maximum absolute atomic E-state index is 5.23. The van der Waals surface area contributed by atoms with Crippen LogP contribution in [0.25, 0.3) is 22.9 Å². The Labute approximate surface area is 167 Å². The number of rotatable bonds is 5. The molecule has 1 fully saturated rings. The van der Waals surface area contributed by atoms with Crippen LogP contribution in [-0.2, 0) is 0 Å². The maximum atomic E-state index is 5.23. The predicted molar refractivity (Wildman–Crippen MR) is 118 cm³/mol. The molecule has 1 aliphatic rings. The first-order chi connectivity index (χ1) is 13.8. The van der Waals surface area contributed by atoms with Crippen LogP contribution in [0.1, 0.15) is 18.2 Å². The number of benzene rings is 2. The monoisotopic (exact) mass is 373 g/mol. The number of ether oxygens (including phenoxy) is 1. The quantitative estimate of drug-likeness (QED) is 0.656. The Morgan fingerprint density at radius 1 is 0.964 bits per heavy atom. The lowest BCUT2D eigenvalue weighted by Gasteiger charge is -2.35. The summed E-state index contributed by atoms with van der Waals surface area (Å²) in [4.78, 5) is 9.94. The second kappa shape index (κ2) is 8.44. The van der Waals surface area contributed by atoms with Crippen LogP contribution < -0.4 is 9.64 Å². The number of nitrogens with zero attached hydrogens (tertiary/aromatic N) is 3. The molecular formula is C24H27N3O. The van der Waals surface area contributed by atoms with Crippen LogP contribution in [-0.4, -0.2) is 49.7 Å². The van der Waals surface area contributed by atoms with E-state index >= 15 is 0 Å². The van der Waals surface area contributed by atoms with Crippen molar-refractivity contribution < 1.29 is 4.74 Å². The van der Waals surface area contributed by atoms with Gasteiger partial charge in [-0.3, -0.25) is 0 Å². The van der Waals surface area contributed by atoms with E-state index in [4.69, 9.17) is 9.72 Å². The zero-order valence-electron chi connectivity index (χ0n) is 16.6. The first-order valence-electron chi connectivity index (χ1n) is 9.96. The summed E-state index contributed by atoms with van der Waals surface area (Å²) in [6.45, 7) is 7.59. The van der Waals surface area contributed by atoms with Crippen LogP contribution in [0.2, 0.25) is 0 Å². The Balaban J connectivity index is 1.64. The number of pyridine rings is 1. The fourth-order valence-corrected chi connectivity index (χ4v) is 3.70. The van der Waals surface area contributed by atoms with Gasteiger partial charge in [0.2, 0.25) is 0 Å². The standard InChI is InChI=1S/C24H27N3O/c1-3-26-14-16-27(17-15-26)24-23-7-5-4-6-20(23)18-21(25-24)11-8-19-9-12-22(28-2)13-10-19/h4-13,18H,3,14-17H2,1-2H3/b11-8+. The maximum Gasteiger partial charge on any atom is 0.137 e. The van der Waals surface area contributed by atoms with E-state index in [9.17, 15) is 0 Å². The van der Waals surface area contributed by atoms with Gasteiger partial charge in [-0.1, -0.05) is 49.4 Å². The molecule has 4 nitrogen and oxygen atoms in total. The molecule has 1 aliphatic heterocycles. The van der Waals surface area contributed by atoms with E-state index in [1.165, 1.54) is 10.8 Å². The lowest BCUT2D eigenvalue weighted by atomic mass is 10.1. The fourth-order valence-electron chi connectivity index (χ4n) is 3.70. The van der Waals surface area contributed by atoms with Crippen molar-refractivity contribution in [3.05, 3.63) is 65.9 Å². The van der Waals surface area contributed by atoms with Gasteiger partial charge in [0.25, 0.3) is 0 Å². The molecule has 144 valence electrons. The second-order valence-corrected chi connectivity index (χ2v) is 7.12. The van der Waals surface area contributed by atoms with Crippen molar-refractivity contribution in [1.29, 1.82) is 0 Å². The lowest BCUT2D eigenvalue weighted by molar-refractivity contribution is 0.271. The number of fused-ring (bicyclic) bond motifs is 1. The molecular weight excluding hydrogens is 346 g/mol. The van der Waals surface area contributed by atoms with Crippen molar-refractivity contribution >= 4 is 28.7 Å². The third-order valence-electron chi connectivity index (χ3n) is 5.42. The minimum atomic E-state index is 0.870. The van der Waals surface area contributed by atoms with Gasteiger partial charge < -0.3 is 14.5 Å². The smallest absolute Gasteiger partial charge is 0.137 e. The van der Waals surface area contributed by atoms with Crippen molar-refractivity contribution in [2.45, 2.75) is 6.92 Å². The largest absolute Gasteiger partial charge is 0.497 e. The summed E-state index contributed by atoms with van der Waals surface area (Å²) in [7, 11) is 1.69. The van der Waals surface area contributed by atoms with Crippen molar-refractivity contribution in [3.63, 3.8) is 0 Å². The van der Waals surface area contributed by atoms with Gasteiger partial charge in [-0.2, -0.15) is 0 Å². The molecule has 1 saturated heterocycles. The molecule has 4 rings (SSSR count). The van der Waals surface area contributed by atoms with Gasteiger partial charge in [0, 0.05) is 31.6 Å². The first kappa shape index (κ1) is 18.5. The molecule has 28 heavy (non-hydrogen) atoms. The Morgan fingerprint density at radius 2 is 1.71 bits per heavy atom. The van der Waals surface area contributed by atoms with E-state index in [0.29, 0.717) is 0 Å². The van der Waals surface area contributed by atoms with E-state index in [2.05, 4.69) is 71.3 Å². The topological polar surface area (TPSA) is 28.6 Å². The van der Waals surface area contributed by atoms with Crippen LogP contribution in [0.4, 0.5) is 5.82 Å². The zero-order valence-corrected chi connectivity index (χ0v) is 16.6. The molecule has 0 unspecified atom stereocenters. The highest BCUT2D eigenvalue weighted by Crippen LogP contribution is 2.27. The summed E-state index contributed by atoms with van der Waals surface area (Å²) in [5, 5.41) is 2.47. The first-order valence-corrected chi connectivity index (χ1v) is 9.96. The molecule has 0 radical (unpaired) electrons. The second-order valence-electron chi connectivity index (χ2n) is 7.12. The summed E-state index contributed by atoms with van der Waals surface area (Å²) >= 11 is 0. The number of hydrogen-bond donors (Lipinski definition) is 0. The summed E-state index contributed by atoms with van der Waals surface area (Å²) in [5.41, 5.74) is 2.12. The molecule has 2 aromatic carbocycles. The van der Waals surface area contributed by atoms with E-state index in [1.54, 1.807) is 7.11 Å². The number of piperazine rings is 1. The molecule has 2 heterocycles. The highest BCUT2D eigenvalue weighted by molar-refractivity contribution is 5.94. The van der Waals surface area contributed by atoms with E-state index in [-0.39, 0.29) is 0 Å². The minimum Gasteiger partial charge on any atom is -0.497 e. The van der Waals surface area contributed by atoms with Crippen molar-refractivity contribution in [3.8, 4) is 5.75 Å². The normalized spacial score (nSPS) is 15.4. The van der Waals surface area contributed by atoms with Gasteiger partial charge in [0.1, 0.15) is 11.6 Å². The molecule has 0 spiro atoms. The summed E-state index contributed by atoms with van der Waals surface area (Å²) in [5.74, 6) is 1.97. The molecule has 0 saturated carbocycles. The third-order valence-corrected chi connectivity index (χ3v) is 5.42. The van der Waals surface area contributed by atoms with Crippen molar-refractivity contribution in [1.82, 2.24) is 9.88 Å². The highest BCUT2D eigenvalue weighted by Gasteiger charge is 2.19. The molecule has 0 aliphatic carbocycles. The van der Waals surface area contributed by atoms with Gasteiger partial charge in [-0.15, -0.1) is 0 Å². The number of methoxy groups -OCH3 is 1. The van der Waals surface area contributed by atoms with Gasteiger partial charge in [0.05, 0.1) is 12.8 Å². The van der Waals surface area contributed by atoms with Gasteiger partial charge in [-0.05, 0) is 41.8 Å². The number of hydrogen-bond acceptors (Lipinski definition) is 4. The Kier molecular flexibility index (Phi) is 5.58. The van der Waals surface area contributed by atoms with Crippen LogP contribution in [0.5, 0.6) is 5.75 Å². The third kappa shape index (κ3) is 4.02. The average molecular weight is 374 g/mol. The van der Waals surface area contributed by atoms with Crippen molar-refractivity contribution in [2.75, 3.05) is 44.7 Å². The summed E-state index contributed by atoms with van der Waals surface area (Å²) < 4.78 is 5.23. The van der Waals surface area contributed by atoms with E-state index in [1.807, 2.05) is 12.1 Å². The number of aromatic nitrogens is 1. The predicted octanol–water partition coefficient (Wildman–Crippen LogP) is 4.56. The SMILES string of the molecule is CCN1CCN(c2nc(/C=C/c3ccc(OC)cc3)cc3ccccc23)CC1. The van der Waals surface area contributed by atoms with Gasteiger partial charge in [-0.25, -0.2) is 4.98 Å². The number of anilines is 1. The molecule has 0 N–H and O–H groups in total. The Bertz CT molecular complexity index is 957. The Hall–Kier alpha value is -2.85. The highest BCUT2D eigenvalue weighted by atomic mass is 16.5. The lowest BCUT2D eigenvalue weighted by Crippen LogP contribution is -2.46. The molecule has 3 aromatic rings. The zero-order chi connectivity index (χ0) is 19.3. The summed E-state index contributed by atoms with van der Waals surface area (Å²) in [6.07, 6.45) is 4.20. The fraction of sp³-hybridized carbons (Fsp3) is 0.292. The van der Waals surface area contributed by atoms with Crippen molar-refractivity contribution in [2.24, 2.45) is 0 Å². The van der Waals surface area contributed by atoms with Crippen LogP contribution >= 0.6 is 0 Å². The average Bonchev–Trinajstić information content (AvgIpc) is 2.77. The minimum absolute atomic E-state index is 0.870. The molecule has 4 heteroatoms. The van der Waals surface area contributed by atoms with E-state index in [0.717, 1.165) is 55.5 Å². The molecule has 0 atom stereocenters. The van der Waals surface area contributed by atoms with Crippen LogP contribution in [0.3, 0.4) is 0 Å². The van der Waals surface area contributed by atoms with E-state index < -0.39 is 0 Å². The van der Waals surface area contributed by atoms with Crippen LogP contribution in [0.15, 0.2) is 54.6 Å². The molecule has 0 amide bonds. The van der Waals surface area contributed by atoms with Gasteiger partial charge >= 0.3 is 0 Å².